The number of fused-ring (bicyclic) bond motifs is 1. The molecule has 0 saturated heterocycles. The number of carbonyl (C=O) groups excluding carboxylic acids is 2. The lowest BCUT2D eigenvalue weighted by Gasteiger charge is -2.26. The lowest BCUT2D eigenvalue weighted by Crippen LogP contribution is -2.18. The number of nitrogens with two attached hydrogens (primary N) is 1. The predicted molar refractivity (Wildman–Crippen MR) is 181 cm³/mol. The number of hydrogen-bond acceptors (Lipinski definition) is 7. The molecule has 3 N–H and O–H groups in total. The molecule has 6 rings (SSSR count). The van der Waals surface area contributed by atoms with Crippen LogP contribution in [0.5, 0.6) is 5.75 Å². The Bertz CT molecular complexity index is 2170. The highest BCUT2D eigenvalue weighted by Crippen LogP contribution is 2.44. The largest absolute Gasteiger partial charge is 0.486 e. The van der Waals surface area contributed by atoms with Gasteiger partial charge in [-0.25, -0.2) is 4.98 Å². The number of anilines is 1. The fourth-order valence-electron chi connectivity index (χ4n) is 5.67. The molecule has 4 aromatic heterocycles. The number of halogens is 3. The van der Waals surface area contributed by atoms with E-state index in [1.54, 1.807) is 17.7 Å². The Morgan fingerprint density at radius 2 is 1.69 bits per heavy atom. The van der Waals surface area contributed by atoms with Crippen molar-refractivity contribution in [3.63, 3.8) is 0 Å². The Labute approximate surface area is 283 Å². The maximum atomic E-state index is 13.9. The first kappa shape index (κ1) is 33.5. The van der Waals surface area contributed by atoms with Gasteiger partial charge in [-0.2, -0.15) is 18.3 Å². The molecular weight excluding hydrogens is 655 g/mol. The molecule has 2 aromatic carbocycles. The molecule has 0 spiro atoms. The van der Waals surface area contributed by atoms with Gasteiger partial charge in [-0.15, -0.1) is 11.3 Å². The van der Waals surface area contributed by atoms with Gasteiger partial charge in [0.15, 0.2) is 5.76 Å². The summed E-state index contributed by atoms with van der Waals surface area (Å²) in [5.41, 5.74) is 7.59. The van der Waals surface area contributed by atoms with Gasteiger partial charge in [0.05, 0.1) is 11.9 Å². The summed E-state index contributed by atoms with van der Waals surface area (Å²) in [6.07, 6.45) is -3.33. The molecule has 0 bridgehead atoms. The average Bonchev–Trinajstić information content (AvgIpc) is 3.81. The van der Waals surface area contributed by atoms with Gasteiger partial charge in [0, 0.05) is 28.6 Å². The number of benzene rings is 2. The fraction of sp³-hybridized carbons (Fsp3) is 0.222. The second-order valence-electron chi connectivity index (χ2n) is 11.9. The van der Waals surface area contributed by atoms with Crippen LogP contribution in [0.4, 0.5) is 18.9 Å². The van der Waals surface area contributed by atoms with Crippen molar-refractivity contribution in [1.29, 1.82) is 0 Å². The summed E-state index contributed by atoms with van der Waals surface area (Å²) in [6, 6.07) is 21.8. The van der Waals surface area contributed by atoms with Gasteiger partial charge in [-0.3, -0.25) is 14.3 Å². The molecule has 49 heavy (non-hydrogen) atoms. The summed E-state index contributed by atoms with van der Waals surface area (Å²) in [4.78, 5) is 29.5. The van der Waals surface area contributed by atoms with Crippen LogP contribution in [0.15, 0.2) is 83.4 Å². The lowest BCUT2D eigenvalue weighted by molar-refractivity contribution is -0.140. The summed E-state index contributed by atoms with van der Waals surface area (Å²) in [7, 11) is 0. The lowest BCUT2D eigenvalue weighted by atomic mass is 9.78. The Morgan fingerprint density at radius 3 is 2.33 bits per heavy atom. The van der Waals surface area contributed by atoms with Crippen molar-refractivity contribution < 1.29 is 31.9 Å². The first-order valence-electron chi connectivity index (χ1n) is 15.3. The van der Waals surface area contributed by atoms with Crippen LogP contribution in [-0.2, 0) is 24.7 Å². The predicted octanol–water partition coefficient (Wildman–Crippen LogP) is 8.36. The number of primary amides is 1. The molecule has 6 aromatic rings. The SMILES string of the molecule is CCn1ncc(-c2cc(C(F)(F)F)nc3sc(C(N)=O)c(NC(=O)c4ccc(COc5ccc(C(C)(C)c6ccccc6)cc5)o4)c23)c1C. The molecule has 2 amide bonds. The number of thiophene rings is 1. The molecule has 4 heterocycles. The van der Waals surface area contributed by atoms with E-state index in [0.29, 0.717) is 40.6 Å². The van der Waals surface area contributed by atoms with Crippen LogP contribution in [0.1, 0.15) is 69.3 Å². The van der Waals surface area contributed by atoms with E-state index in [1.165, 1.54) is 17.8 Å². The van der Waals surface area contributed by atoms with Gasteiger partial charge in [0.2, 0.25) is 0 Å². The number of amides is 2. The van der Waals surface area contributed by atoms with E-state index in [0.717, 1.165) is 11.6 Å². The number of nitrogens with one attached hydrogen (secondary N) is 1. The van der Waals surface area contributed by atoms with Crippen LogP contribution in [0.25, 0.3) is 21.3 Å². The average molecular weight is 688 g/mol. The first-order valence-corrected chi connectivity index (χ1v) is 16.2. The molecule has 0 fully saturated rings. The van der Waals surface area contributed by atoms with E-state index >= 15 is 0 Å². The number of rotatable bonds is 10. The summed E-state index contributed by atoms with van der Waals surface area (Å²) in [6.45, 7) is 8.37. The number of aryl methyl sites for hydroxylation is 1. The third-order valence-electron chi connectivity index (χ3n) is 8.45. The number of nitrogens with zero attached hydrogens (tertiary/aromatic N) is 3. The summed E-state index contributed by atoms with van der Waals surface area (Å²) >= 11 is 0.660. The molecule has 0 atom stereocenters. The highest BCUT2D eigenvalue weighted by atomic mass is 32.1. The molecule has 0 aliphatic rings. The zero-order chi connectivity index (χ0) is 35.1. The zero-order valence-corrected chi connectivity index (χ0v) is 27.8. The summed E-state index contributed by atoms with van der Waals surface area (Å²) in [5, 5.41) is 7.05. The third-order valence-corrected chi connectivity index (χ3v) is 9.54. The van der Waals surface area contributed by atoms with Crippen molar-refractivity contribution in [1.82, 2.24) is 14.8 Å². The smallest absolute Gasteiger partial charge is 0.433 e. The number of pyridine rings is 1. The second kappa shape index (κ2) is 12.9. The summed E-state index contributed by atoms with van der Waals surface area (Å²) < 4.78 is 55.0. The third kappa shape index (κ3) is 6.53. The Balaban J connectivity index is 1.25. The van der Waals surface area contributed by atoms with Crippen molar-refractivity contribution in [3.05, 3.63) is 118 Å². The van der Waals surface area contributed by atoms with E-state index in [1.807, 2.05) is 49.4 Å². The van der Waals surface area contributed by atoms with E-state index in [2.05, 4.69) is 41.4 Å². The van der Waals surface area contributed by atoms with Gasteiger partial charge in [0.1, 0.15) is 33.5 Å². The monoisotopic (exact) mass is 687 g/mol. The molecule has 0 saturated carbocycles. The van der Waals surface area contributed by atoms with Crippen molar-refractivity contribution >= 4 is 39.1 Å². The molecule has 0 unspecified atom stereocenters. The Morgan fingerprint density at radius 1 is 1.00 bits per heavy atom. The van der Waals surface area contributed by atoms with Gasteiger partial charge < -0.3 is 20.2 Å². The highest BCUT2D eigenvalue weighted by molar-refractivity contribution is 7.21. The molecule has 9 nitrogen and oxygen atoms in total. The van der Waals surface area contributed by atoms with E-state index in [9.17, 15) is 22.8 Å². The molecule has 0 aliphatic heterocycles. The van der Waals surface area contributed by atoms with Crippen molar-refractivity contribution in [3.8, 4) is 16.9 Å². The van der Waals surface area contributed by atoms with Gasteiger partial charge >= 0.3 is 6.18 Å². The van der Waals surface area contributed by atoms with Gasteiger partial charge in [-0.05, 0) is 60.9 Å². The second-order valence-corrected chi connectivity index (χ2v) is 12.9. The highest BCUT2D eigenvalue weighted by Gasteiger charge is 2.36. The van der Waals surface area contributed by atoms with Crippen LogP contribution >= 0.6 is 11.3 Å². The van der Waals surface area contributed by atoms with Crippen LogP contribution < -0.4 is 15.8 Å². The van der Waals surface area contributed by atoms with E-state index in [4.69, 9.17) is 14.9 Å². The van der Waals surface area contributed by atoms with Gasteiger partial charge in [-0.1, -0.05) is 56.3 Å². The first-order chi connectivity index (χ1) is 23.3. The standard InChI is InChI=1S/C36H32F3N5O4S/c1-5-44-20(2)26(18-41-44)25-17-28(36(37,38)39)42-34-29(25)30(31(49-34)32(40)45)43-33(46)27-16-15-24(48-27)19-47-23-13-11-22(12-14-23)35(3,4)21-9-7-6-8-10-21/h6-18H,5,19H2,1-4H3,(H2,40,45)(H,43,46). The number of ether oxygens (including phenoxy) is 1. The van der Waals surface area contributed by atoms with Crippen molar-refractivity contribution in [2.24, 2.45) is 5.73 Å². The number of aromatic nitrogens is 3. The molecule has 0 radical (unpaired) electrons. The topological polar surface area (TPSA) is 125 Å². The van der Waals surface area contributed by atoms with Gasteiger partial charge in [0.25, 0.3) is 11.8 Å². The van der Waals surface area contributed by atoms with E-state index < -0.39 is 23.7 Å². The minimum atomic E-state index is -4.77. The quantitative estimate of drug-likeness (QED) is 0.149. The molecular formula is C36H32F3N5O4S. The summed E-state index contributed by atoms with van der Waals surface area (Å²) in [5.74, 6) is -0.835. The Hall–Kier alpha value is -5.43. The van der Waals surface area contributed by atoms with Crippen LogP contribution in [0, 0.1) is 6.92 Å². The maximum absolute atomic E-state index is 13.9. The van der Waals surface area contributed by atoms with Crippen molar-refractivity contribution in [2.75, 3.05) is 5.32 Å². The number of furan rings is 1. The fourth-order valence-corrected chi connectivity index (χ4v) is 6.68. The van der Waals surface area contributed by atoms with Crippen molar-refractivity contribution in [2.45, 2.75) is 52.4 Å². The number of alkyl halides is 3. The minimum absolute atomic E-state index is 0.0254. The minimum Gasteiger partial charge on any atom is -0.486 e. The van der Waals surface area contributed by atoms with E-state index in [-0.39, 0.29) is 44.1 Å². The maximum Gasteiger partial charge on any atom is 0.433 e. The number of hydrogen-bond donors (Lipinski definition) is 2. The van der Waals surface area contributed by atoms with Crippen LogP contribution in [0.2, 0.25) is 0 Å². The van der Waals surface area contributed by atoms with Crippen LogP contribution in [-0.4, -0.2) is 26.6 Å². The molecule has 252 valence electrons. The normalized spacial score (nSPS) is 12.0. The Kier molecular flexibility index (Phi) is 8.80. The molecule has 0 aliphatic carbocycles. The molecule has 13 heteroatoms. The number of carbonyl (C=O) groups is 2. The van der Waals surface area contributed by atoms with Crippen LogP contribution in [0.3, 0.4) is 0 Å². The zero-order valence-electron chi connectivity index (χ0n) is 27.0.